The summed E-state index contributed by atoms with van der Waals surface area (Å²) in [5.41, 5.74) is 2.14. The molecule has 0 aliphatic carbocycles. The highest BCUT2D eigenvalue weighted by atomic mass is 32.1. The van der Waals surface area contributed by atoms with Crippen molar-refractivity contribution in [3.05, 3.63) is 59.7 Å². The fourth-order valence-corrected chi connectivity index (χ4v) is 2.40. The van der Waals surface area contributed by atoms with E-state index in [9.17, 15) is 13.2 Å². The van der Waals surface area contributed by atoms with Gasteiger partial charge in [-0.05, 0) is 55.5 Å². The van der Waals surface area contributed by atoms with Crippen LogP contribution in [0.4, 0.5) is 24.5 Å². The summed E-state index contributed by atoms with van der Waals surface area (Å²) < 4.78 is 37.6. The Balaban J connectivity index is 1.78. The van der Waals surface area contributed by atoms with Crippen molar-refractivity contribution < 1.29 is 13.2 Å². The third-order valence-corrected chi connectivity index (χ3v) is 3.92. The van der Waals surface area contributed by atoms with Gasteiger partial charge in [0.05, 0.1) is 5.56 Å². The molecule has 0 aliphatic heterocycles. The van der Waals surface area contributed by atoms with Crippen LogP contribution < -0.4 is 15.5 Å². The van der Waals surface area contributed by atoms with E-state index in [-0.39, 0.29) is 0 Å². The van der Waals surface area contributed by atoms with Crippen LogP contribution in [0.15, 0.2) is 48.5 Å². The Hall–Kier alpha value is -2.28. The monoisotopic (exact) mass is 367 g/mol. The van der Waals surface area contributed by atoms with Crippen LogP contribution in [0.25, 0.3) is 0 Å². The predicted octanol–water partition coefficient (Wildman–Crippen LogP) is 4.44. The number of hydrogen-bond donors (Lipinski definition) is 2. The fourth-order valence-electron chi connectivity index (χ4n) is 2.18. The van der Waals surface area contributed by atoms with E-state index in [0.717, 1.165) is 24.4 Å². The molecule has 2 rings (SSSR count). The van der Waals surface area contributed by atoms with Crippen molar-refractivity contribution in [3.8, 4) is 0 Å². The highest BCUT2D eigenvalue weighted by molar-refractivity contribution is 7.80. The molecule has 25 heavy (non-hydrogen) atoms. The molecule has 3 nitrogen and oxygen atoms in total. The molecule has 0 saturated carbocycles. The highest BCUT2D eigenvalue weighted by Gasteiger charge is 2.29. The molecule has 0 atom stereocenters. The van der Waals surface area contributed by atoms with Gasteiger partial charge in [-0.25, -0.2) is 0 Å². The smallest absolute Gasteiger partial charge is 0.373 e. The van der Waals surface area contributed by atoms with Crippen molar-refractivity contribution in [2.75, 3.05) is 30.4 Å². The molecule has 0 heterocycles. The minimum atomic E-state index is -4.34. The second-order valence-corrected chi connectivity index (χ2v) is 6.12. The lowest BCUT2D eigenvalue weighted by Gasteiger charge is -2.20. The third kappa shape index (κ3) is 5.94. The third-order valence-electron chi connectivity index (χ3n) is 3.68. The maximum absolute atomic E-state index is 12.5. The Bertz CT molecular complexity index is 697. The van der Waals surface area contributed by atoms with Gasteiger partial charge in [-0.1, -0.05) is 17.7 Å². The summed E-state index contributed by atoms with van der Waals surface area (Å²) in [4.78, 5) is 2.09. The SMILES string of the molecule is Cc1ccc(N(C)CCNC(=S)Nc2ccc(C(F)(F)F)cc2)cc1. The lowest BCUT2D eigenvalue weighted by Crippen LogP contribution is -2.35. The van der Waals surface area contributed by atoms with E-state index < -0.39 is 11.7 Å². The van der Waals surface area contributed by atoms with Crippen molar-refractivity contribution in [3.63, 3.8) is 0 Å². The zero-order valence-corrected chi connectivity index (χ0v) is 14.8. The van der Waals surface area contributed by atoms with Gasteiger partial charge in [0, 0.05) is 31.5 Å². The topological polar surface area (TPSA) is 27.3 Å². The van der Waals surface area contributed by atoms with E-state index in [2.05, 4.69) is 27.7 Å². The molecule has 0 amide bonds. The van der Waals surface area contributed by atoms with Crippen molar-refractivity contribution in [2.45, 2.75) is 13.1 Å². The zero-order valence-electron chi connectivity index (χ0n) is 14.0. The molecule has 2 aromatic rings. The van der Waals surface area contributed by atoms with Gasteiger partial charge in [0.25, 0.3) is 0 Å². The summed E-state index contributed by atoms with van der Waals surface area (Å²) >= 11 is 5.17. The molecular weight excluding hydrogens is 347 g/mol. The number of halogens is 3. The molecule has 0 aromatic heterocycles. The van der Waals surface area contributed by atoms with E-state index >= 15 is 0 Å². The first-order valence-corrected chi connectivity index (χ1v) is 8.16. The van der Waals surface area contributed by atoms with Crippen LogP contribution in [0.3, 0.4) is 0 Å². The van der Waals surface area contributed by atoms with Crippen LogP contribution in [0.2, 0.25) is 0 Å². The molecular formula is C18H20F3N3S. The number of thiocarbonyl (C=S) groups is 1. The van der Waals surface area contributed by atoms with Crippen LogP contribution >= 0.6 is 12.2 Å². The van der Waals surface area contributed by atoms with Gasteiger partial charge in [-0.15, -0.1) is 0 Å². The standard InChI is InChI=1S/C18H20F3N3S/c1-13-3-9-16(10-4-13)24(2)12-11-22-17(25)23-15-7-5-14(6-8-15)18(19,20)21/h3-10H,11-12H2,1-2H3,(H2,22,23,25). The van der Waals surface area contributed by atoms with Gasteiger partial charge in [-0.3, -0.25) is 0 Å². The van der Waals surface area contributed by atoms with Crippen LogP contribution in [0.1, 0.15) is 11.1 Å². The normalized spacial score (nSPS) is 11.1. The minimum Gasteiger partial charge on any atom is -0.373 e. The summed E-state index contributed by atoms with van der Waals surface area (Å²) in [5.74, 6) is 0. The van der Waals surface area contributed by atoms with E-state index in [0.29, 0.717) is 17.3 Å². The molecule has 0 fully saturated rings. The number of aryl methyl sites for hydroxylation is 1. The Morgan fingerprint density at radius 3 is 2.20 bits per heavy atom. The number of benzene rings is 2. The summed E-state index contributed by atoms with van der Waals surface area (Å²) in [5, 5.41) is 6.29. The van der Waals surface area contributed by atoms with E-state index in [1.54, 1.807) is 0 Å². The number of nitrogens with one attached hydrogen (secondary N) is 2. The average Bonchev–Trinajstić information content (AvgIpc) is 2.55. The zero-order chi connectivity index (χ0) is 18.4. The summed E-state index contributed by atoms with van der Waals surface area (Å²) in [6.45, 7) is 3.38. The molecule has 0 radical (unpaired) electrons. The molecule has 0 spiro atoms. The lowest BCUT2D eigenvalue weighted by atomic mass is 10.2. The molecule has 134 valence electrons. The Morgan fingerprint density at radius 2 is 1.64 bits per heavy atom. The lowest BCUT2D eigenvalue weighted by molar-refractivity contribution is -0.137. The second kappa shape index (κ2) is 8.20. The van der Waals surface area contributed by atoms with Gasteiger partial charge in [0.2, 0.25) is 0 Å². The predicted molar refractivity (Wildman–Crippen MR) is 100 cm³/mol. The minimum absolute atomic E-state index is 0.372. The van der Waals surface area contributed by atoms with Crippen molar-refractivity contribution in [1.29, 1.82) is 0 Å². The second-order valence-electron chi connectivity index (χ2n) is 5.71. The first kappa shape index (κ1) is 19.1. The van der Waals surface area contributed by atoms with Gasteiger partial charge in [0.15, 0.2) is 5.11 Å². The fraction of sp³-hybridized carbons (Fsp3) is 0.278. The van der Waals surface area contributed by atoms with Crippen molar-refractivity contribution in [2.24, 2.45) is 0 Å². The quantitative estimate of drug-likeness (QED) is 0.764. The summed E-state index contributed by atoms with van der Waals surface area (Å²) in [6, 6.07) is 13.0. The number of nitrogens with zero attached hydrogens (tertiary/aromatic N) is 1. The van der Waals surface area contributed by atoms with Gasteiger partial charge >= 0.3 is 6.18 Å². The number of alkyl halides is 3. The van der Waals surface area contributed by atoms with Crippen molar-refractivity contribution >= 4 is 28.7 Å². The van der Waals surface area contributed by atoms with Crippen LogP contribution in [0.5, 0.6) is 0 Å². The Labute approximate surface area is 150 Å². The molecule has 0 unspecified atom stereocenters. The molecule has 0 aliphatic rings. The van der Waals surface area contributed by atoms with E-state index in [1.165, 1.54) is 17.7 Å². The summed E-state index contributed by atoms with van der Waals surface area (Å²) in [7, 11) is 1.98. The largest absolute Gasteiger partial charge is 0.416 e. The number of anilines is 2. The molecule has 7 heteroatoms. The molecule has 2 aromatic carbocycles. The van der Waals surface area contributed by atoms with Crippen LogP contribution in [-0.4, -0.2) is 25.2 Å². The first-order chi connectivity index (χ1) is 11.8. The average molecular weight is 367 g/mol. The maximum Gasteiger partial charge on any atom is 0.416 e. The van der Waals surface area contributed by atoms with E-state index in [4.69, 9.17) is 12.2 Å². The number of rotatable bonds is 5. The van der Waals surface area contributed by atoms with Crippen LogP contribution in [0, 0.1) is 6.92 Å². The van der Waals surface area contributed by atoms with Gasteiger partial charge in [0.1, 0.15) is 0 Å². The van der Waals surface area contributed by atoms with Crippen LogP contribution in [-0.2, 0) is 6.18 Å². The molecule has 0 saturated heterocycles. The Morgan fingerprint density at radius 1 is 1.04 bits per heavy atom. The van der Waals surface area contributed by atoms with Crippen molar-refractivity contribution in [1.82, 2.24) is 5.32 Å². The first-order valence-electron chi connectivity index (χ1n) is 7.75. The van der Waals surface area contributed by atoms with E-state index in [1.807, 2.05) is 26.1 Å². The van der Waals surface area contributed by atoms with Gasteiger partial charge < -0.3 is 15.5 Å². The highest BCUT2D eigenvalue weighted by Crippen LogP contribution is 2.29. The molecule has 2 N–H and O–H groups in total. The number of hydrogen-bond acceptors (Lipinski definition) is 2. The Kier molecular flexibility index (Phi) is 6.25. The van der Waals surface area contributed by atoms with Gasteiger partial charge in [-0.2, -0.15) is 13.2 Å². The summed E-state index contributed by atoms with van der Waals surface area (Å²) in [6.07, 6.45) is -4.34. The maximum atomic E-state index is 12.5. The number of likely N-dealkylation sites (N-methyl/N-ethyl adjacent to an activating group) is 1. The molecule has 0 bridgehead atoms.